The summed E-state index contributed by atoms with van der Waals surface area (Å²) in [6, 6.07) is 7.72. The zero-order chi connectivity index (χ0) is 14.5. The van der Waals surface area contributed by atoms with Crippen molar-refractivity contribution in [3.8, 4) is 0 Å². The van der Waals surface area contributed by atoms with Crippen LogP contribution in [0.1, 0.15) is 31.0 Å². The summed E-state index contributed by atoms with van der Waals surface area (Å²) < 4.78 is 0. The monoisotopic (exact) mass is 309 g/mol. The quantitative estimate of drug-likeness (QED) is 0.775. The van der Waals surface area contributed by atoms with Crippen LogP contribution < -0.4 is 0 Å². The second-order valence-electron chi connectivity index (χ2n) is 4.39. The molecule has 0 saturated heterocycles. The molecule has 0 aliphatic carbocycles. The summed E-state index contributed by atoms with van der Waals surface area (Å²) in [7, 11) is 0. The third-order valence-corrected chi connectivity index (χ3v) is 3.97. The maximum absolute atomic E-state index is 6.28. The lowest BCUT2D eigenvalue weighted by Crippen LogP contribution is -2.30. The minimum Gasteiger partial charge on any atom is -0.293 e. The Kier molecular flexibility index (Phi) is 5.35. The van der Waals surface area contributed by atoms with Gasteiger partial charge < -0.3 is 0 Å². The second-order valence-corrected chi connectivity index (χ2v) is 5.11. The molecule has 0 aromatic carbocycles. The fourth-order valence-electron chi connectivity index (χ4n) is 2.35. The van der Waals surface area contributed by atoms with Crippen LogP contribution in [0.3, 0.4) is 0 Å². The van der Waals surface area contributed by atoms with Crippen LogP contribution in [0.4, 0.5) is 0 Å². The first-order valence-corrected chi connectivity index (χ1v) is 7.39. The molecular formula is C15H17Cl2N3. The van der Waals surface area contributed by atoms with Crippen molar-refractivity contribution in [1.29, 1.82) is 0 Å². The number of hydrogen-bond donors (Lipinski definition) is 0. The summed E-state index contributed by atoms with van der Waals surface area (Å²) in [6.07, 6.45) is 3.38. The van der Waals surface area contributed by atoms with Crippen molar-refractivity contribution >= 4 is 23.2 Å². The molecule has 0 unspecified atom stereocenters. The molecule has 0 saturated carbocycles. The lowest BCUT2D eigenvalue weighted by molar-refractivity contribution is 0.250. The van der Waals surface area contributed by atoms with Crippen molar-refractivity contribution in [2.75, 3.05) is 13.1 Å². The van der Waals surface area contributed by atoms with Crippen molar-refractivity contribution in [1.82, 2.24) is 14.9 Å². The number of aromatic nitrogens is 2. The molecule has 0 amide bonds. The van der Waals surface area contributed by atoms with Gasteiger partial charge in [0.05, 0.1) is 6.04 Å². The van der Waals surface area contributed by atoms with Crippen LogP contribution in [0, 0.1) is 0 Å². The molecule has 2 rings (SSSR count). The second kappa shape index (κ2) is 7.02. The molecule has 3 nitrogen and oxygen atoms in total. The average Bonchev–Trinajstić information content (AvgIpc) is 2.47. The lowest BCUT2D eigenvalue weighted by atomic mass is 10.00. The molecule has 2 aromatic heterocycles. The maximum atomic E-state index is 6.28. The summed E-state index contributed by atoms with van der Waals surface area (Å²) in [5.41, 5.74) is 1.90. The van der Waals surface area contributed by atoms with E-state index in [9.17, 15) is 0 Å². The molecule has 0 aliphatic heterocycles. The molecular weight excluding hydrogens is 293 g/mol. The fraction of sp³-hybridized carbons (Fsp3) is 0.333. The number of pyridine rings is 2. The Morgan fingerprint density at radius 2 is 1.40 bits per heavy atom. The van der Waals surface area contributed by atoms with Gasteiger partial charge in [0.15, 0.2) is 0 Å². The van der Waals surface area contributed by atoms with Gasteiger partial charge in [0.25, 0.3) is 0 Å². The van der Waals surface area contributed by atoms with Crippen molar-refractivity contribution in [2.24, 2.45) is 0 Å². The zero-order valence-electron chi connectivity index (χ0n) is 11.6. The van der Waals surface area contributed by atoms with Gasteiger partial charge in [-0.25, -0.2) is 9.97 Å². The van der Waals surface area contributed by atoms with E-state index in [4.69, 9.17) is 23.2 Å². The number of rotatable bonds is 5. The van der Waals surface area contributed by atoms with Crippen LogP contribution in [0.25, 0.3) is 0 Å². The molecule has 0 atom stereocenters. The van der Waals surface area contributed by atoms with Crippen LogP contribution in [-0.2, 0) is 0 Å². The van der Waals surface area contributed by atoms with Gasteiger partial charge in [0.1, 0.15) is 10.3 Å². The van der Waals surface area contributed by atoms with E-state index < -0.39 is 0 Å². The van der Waals surface area contributed by atoms with Crippen molar-refractivity contribution in [3.05, 3.63) is 58.1 Å². The lowest BCUT2D eigenvalue weighted by Gasteiger charge is -2.31. The minimum atomic E-state index is -0.0348. The van der Waals surface area contributed by atoms with Crippen LogP contribution in [0.5, 0.6) is 0 Å². The summed E-state index contributed by atoms with van der Waals surface area (Å²) in [6.45, 7) is 6.01. The van der Waals surface area contributed by atoms with Gasteiger partial charge in [-0.05, 0) is 25.2 Å². The molecule has 20 heavy (non-hydrogen) atoms. The fourth-order valence-corrected chi connectivity index (χ4v) is 2.80. The molecule has 0 fully saturated rings. The first kappa shape index (κ1) is 15.2. The summed E-state index contributed by atoms with van der Waals surface area (Å²) in [5.74, 6) is 0. The normalized spacial score (nSPS) is 11.3. The molecule has 0 spiro atoms. The number of hydrogen-bond acceptors (Lipinski definition) is 3. The predicted molar refractivity (Wildman–Crippen MR) is 83.3 cm³/mol. The van der Waals surface area contributed by atoms with E-state index in [1.54, 1.807) is 12.4 Å². The first-order valence-electron chi connectivity index (χ1n) is 6.63. The zero-order valence-corrected chi connectivity index (χ0v) is 13.1. The molecule has 0 radical (unpaired) electrons. The van der Waals surface area contributed by atoms with Gasteiger partial charge in [0.2, 0.25) is 0 Å². The molecule has 5 heteroatoms. The van der Waals surface area contributed by atoms with E-state index in [1.807, 2.05) is 24.3 Å². The third kappa shape index (κ3) is 3.11. The van der Waals surface area contributed by atoms with Gasteiger partial charge in [-0.15, -0.1) is 0 Å². The van der Waals surface area contributed by atoms with Gasteiger partial charge in [0, 0.05) is 23.5 Å². The van der Waals surface area contributed by atoms with Gasteiger partial charge in [-0.1, -0.05) is 49.2 Å². The maximum Gasteiger partial charge on any atom is 0.134 e. The first-order chi connectivity index (χ1) is 9.69. The van der Waals surface area contributed by atoms with Crippen molar-refractivity contribution in [2.45, 2.75) is 19.9 Å². The topological polar surface area (TPSA) is 29.0 Å². The summed E-state index contributed by atoms with van der Waals surface area (Å²) in [4.78, 5) is 10.6. The van der Waals surface area contributed by atoms with Crippen molar-refractivity contribution < 1.29 is 0 Å². The number of halogens is 2. The third-order valence-electron chi connectivity index (χ3n) is 3.34. The van der Waals surface area contributed by atoms with Crippen LogP contribution >= 0.6 is 23.2 Å². The highest BCUT2D eigenvalue weighted by molar-refractivity contribution is 6.31. The Morgan fingerprint density at radius 3 is 1.75 bits per heavy atom. The predicted octanol–water partition coefficient (Wildman–Crippen LogP) is 4.21. The molecule has 0 N–H and O–H groups in total. The van der Waals surface area contributed by atoms with E-state index >= 15 is 0 Å². The Hall–Kier alpha value is -1.16. The molecule has 0 aliphatic rings. The standard InChI is InChI=1S/C15H17Cl2N3/c1-3-20(4-2)13(11-7-5-9-18-14(11)16)12-8-6-10-19-15(12)17/h5-10,13H,3-4H2,1-2H3. The van der Waals surface area contributed by atoms with Crippen LogP contribution in [-0.4, -0.2) is 28.0 Å². The Bertz CT molecular complexity index is 525. The van der Waals surface area contributed by atoms with Crippen molar-refractivity contribution in [3.63, 3.8) is 0 Å². The smallest absolute Gasteiger partial charge is 0.134 e. The van der Waals surface area contributed by atoms with E-state index in [1.165, 1.54) is 0 Å². The Balaban J connectivity index is 2.57. The van der Waals surface area contributed by atoms with Gasteiger partial charge >= 0.3 is 0 Å². The van der Waals surface area contributed by atoms with E-state index in [0.717, 1.165) is 24.2 Å². The Morgan fingerprint density at radius 1 is 0.950 bits per heavy atom. The largest absolute Gasteiger partial charge is 0.293 e. The van der Waals surface area contributed by atoms with Crippen LogP contribution in [0.15, 0.2) is 36.7 Å². The summed E-state index contributed by atoms with van der Waals surface area (Å²) >= 11 is 12.6. The van der Waals surface area contributed by atoms with E-state index in [-0.39, 0.29) is 6.04 Å². The highest BCUT2D eigenvalue weighted by Crippen LogP contribution is 2.34. The van der Waals surface area contributed by atoms with Gasteiger partial charge in [-0.3, -0.25) is 4.90 Å². The molecule has 2 aromatic rings. The highest BCUT2D eigenvalue weighted by atomic mass is 35.5. The average molecular weight is 310 g/mol. The SMILES string of the molecule is CCN(CC)C(c1cccnc1Cl)c1cccnc1Cl. The minimum absolute atomic E-state index is 0.0348. The van der Waals surface area contributed by atoms with E-state index in [2.05, 4.69) is 28.7 Å². The highest BCUT2D eigenvalue weighted by Gasteiger charge is 2.25. The van der Waals surface area contributed by atoms with Crippen LogP contribution in [0.2, 0.25) is 10.3 Å². The van der Waals surface area contributed by atoms with E-state index in [0.29, 0.717) is 10.3 Å². The van der Waals surface area contributed by atoms with Gasteiger partial charge in [-0.2, -0.15) is 0 Å². The number of nitrogens with zero attached hydrogens (tertiary/aromatic N) is 3. The molecule has 2 heterocycles. The molecule has 106 valence electrons. The molecule has 0 bridgehead atoms. The summed E-state index contributed by atoms with van der Waals surface area (Å²) in [5, 5.41) is 1.01. The Labute approximate surface area is 129 Å².